The van der Waals surface area contributed by atoms with Crippen molar-refractivity contribution in [3.8, 4) is 5.69 Å². The van der Waals surface area contributed by atoms with Gasteiger partial charge in [-0.1, -0.05) is 37.6 Å². The predicted molar refractivity (Wildman–Crippen MR) is 97.9 cm³/mol. The summed E-state index contributed by atoms with van der Waals surface area (Å²) in [5, 5.41) is 13.1. The second kappa shape index (κ2) is 6.69. The number of anilines is 1. The van der Waals surface area contributed by atoms with E-state index in [2.05, 4.69) is 29.4 Å². The first-order chi connectivity index (χ1) is 11.5. The van der Waals surface area contributed by atoms with Gasteiger partial charge in [0.2, 0.25) is 0 Å². The number of hydrogen-bond acceptors (Lipinski definition) is 3. The zero-order valence-electron chi connectivity index (χ0n) is 14.4. The normalized spacial score (nSPS) is 11.2. The van der Waals surface area contributed by atoms with E-state index in [0.29, 0.717) is 17.5 Å². The van der Waals surface area contributed by atoms with Crippen LogP contribution in [-0.4, -0.2) is 19.6 Å². The molecule has 3 aromatic rings. The number of nitrogens with zero attached hydrogens (tertiary/aromatic N) is 4. The molecule has 2 aromatic heterocycles. The van der Waals surface area contributed by atoms with Crippen LogP contribution in [0.4, 0.5) is 5.69 Å². The third-order valence-electron chi connectivity index (χ3n) is 4.02. The maximum absolute atomic E-state index is 6.35. The Balaban J connectivity index is 1.92. The van der Waals surface area contributed by atoms with E-state index in [1.165, 1.54) is 5.56 Å². The highest BCUT2D eigenvalue weighted by Crippen LogP contribution is 2.30. The molecule has 6 heteroatoms. The van der Waals surface area contributed by atoms with Gasteiger partial charge in [-0.3, -0.25) is 4.68 Å². The summed E-state index contributed by atoms with van der Waals surface area (Å²) in [7, 11) is 1.94. The number of rotatable bonds is 5. The van der Waals surface area contributed by atoms with Gasteiger partial charge < -0.3 is 5.32 Å². The lowest BCUT2D eigenvalue weighted by atomic mass is 10.1. The summed E-state index contributed by atoms with van der Waals surface area (Å²) >= 11 is 6.35. The summed E-state index contributed by atoms with van der Waals surface area (Å²) in [6.07, 6.45) is 3.90. The Kier molecular flexibility index (Phi) is 4.62. The second-order valence-electron chi connectivity index (χ2n) is 6.23. The molecule has 0 radical (unpaired) electrons. The third-order valence-corrected chi connectivity index (χ3v) is 4.34. The van der Waals surface area contributed by atoms with Crippen LogP contribution >= 0.6 is 11.6 Å². The number of aryl methyl sites for hydroxylation is 2. The molecular weight excluding hydrogens is 322 g/mol. The second-order valence-corrected chi connectivity index (χ2v) is 6.64. The first kappa shape index (κ1) is 16.6. The molecule has 24 heavy (non-hydrogen) atoms. The Bertz CT molecular complexity index is 847. The van der Waals surface area contributed by atoms with Crippen molar-refractivity contribution in [3.63, 3.8) is 0 Å². The minimum Gasteiger partial charge on any atom is -0.378 e. The molecule has 1 aromatic carbocycles. The lowest BCUT2D eigenvalue weighted by Gasteiger charge is -2.14. The van der Waals surface area contributed by atoms with Gasteiger partial charge in [0.1, 0.15) is 0 Å². The Labute approximate surface area is 147 Å². The smallest absolute Gasteiger partial charge is 0.0835 e. The molecule has 126 valence electrons. The minimum atomic E-state index is 0.307. The molecule has 0 aliphatic heterocycles. The highest BCUT2D eigenvalue weighted by atomic mass is 35.5. The summed E-state index contributed by atoms with van der Waals surface area (Å²) in [6.45, 7) is 7.05. The summed E-state index contributed by atoms with van der Waals surface area (Å²) in [5.41, 5.74) is 5.25. The number of benzene rings is 1. The van der Waals surface area contributed by atoms with Crippen LogP contribution < -0.4 is 5.32 Å². The lowest BCUT2D eigenvalue weighted by Crippen LogP contribution is -2.08. The fourth-order valence-electron chi connectivity index (χ4n) is 2.88. The van der Waals surface area contributed by atoms with Crippen molar-refractivity contribution in [3.05, 3.63) is 58.6 Å². The molecule has 0 saturated heterocycles. The average Bonchev–Trinajstić information content (AvgIpc) is 3.08. The maximum atomic E-state index is 6.35. The van der Waals surface area contributed by atoms with Crippen molar-refractivity contribution in [2.45, 2.75) is 33.2 Å². The van der Waals surface area contributed by atoms with Gasteiger partial charge in [-0.05, 0) is 25.0 Å². The Morgan fingerprint density at radius 1 is 1.25 bits per heavy atom. The van der Waals surface area contributed by atoms with E-state index in [1.54, 1.807) is 0 Å². The van der Waals surface area contributed by atoms with E-state index in [-0.39, 0.29) is 0 Å². The maximum Gasteiger partial charge on any atom is 0.0835 e. The SMILES string of the molecule is Cc1nn(C)cc1CNc1cnn(-c2ccccc2Cl)c1C(C)C. The minimum absolute atomic E-state index is 0.307. The first-order valence-corrected chi connectivity index (χ1v) is 8.41. The molecule has 0 atom stereocenters. The number of para-hydroxylation sites is 1. The molecule has 0 bridgehead atoms. The lowest BCUT2D eigenvalue weighted by molar-refractivity contribution is 0.735. The van der Waals surface area contributed by atoms with E-state index in [4.69, 9.17) is 11.6 Å². The predicted octanol–water partition coefficient (Wildman–Crippen LogP) is 4.30. The standard InChI is InChI=1S/C18H22ClN5/c1-12(2)18-16(20-9-14-11-23(4)22-13(14)3)10-21-24(18)17-8-6-5-7-15(17)19/h5-8,10-12,20H,9H2,1-4H3. The molecule has 0 spiro atoms. The number of aromatic nitrogens is 4. The van der Waals surface area contributed by atoms with Gasteiger partial charge in [-0.15, -0.1) is 0 Å². The fraction of sp³-hybridized carbons (Fsp3) is 0.333. The van der Waals surface area contributed by atoms with Gasteiger partial charge in [0.15, 0.2) is 0 Å². The molecule has 0 amide bonds. The molecule has 0 aliphatic rings. The molecule has 2 heterocycles. The van der Waals surface area contributed by atoms with Crippen LogP contribution in [0.3, 0.4) is 0 Å². The van der Waals surface area contributed by atoms with Crippen molar-refractivity contribution >= 4 is 17.3 Å². The van der Waals surface area contributed by atoms with Crippen molar-refractivity contribution in [1.82, 2.24) is 19.6 Å². The highest BCUT2D eigenvalue weighted by Gasteiger charge is 2.17. The van der Waals surface area contributed by atoms with Gasteiger partial charge >= 0.3 is 0 Å². The average molecular weight is 344 g/mol. The van der Waals surface area contributed by atoms with Crippen LogP contribution in [-0.2, 0) is 13.6 Å². The molecule has 0 unspecified atom stereocenters. The van der Waals surface area contributed by atoms with E-state index >= 15 is 0 Å². The molecule has 1 N–H and O–H groups in total. The zero-order valence-corrected chi connectivity index (χ0v) is 15.2. The molecule has 0 aliphatic carbocycles. The Morgan fingerprint density at radius 3 is 2.62 bits per heavy atom. The van der Waals surface area contributed by atoms with E-state index in [9.17, 15) is 0 Å². The van der Waals surface area contributed by atoms with Gasteiger partial charge in [0, 0.05) is 25.4 Å². The Morgan fingerprint density at radius 2 is 2.00 bits per heavy atom. The number of halogens is 1. The van der Waals surface area contributed by atoms with E-state index in [0.717, 1.165) is 22.8 Å². The summed E-state index contributed by atoms with van der Waals surface area (Å²) in [6, 6.07) is 7.76. The molecule has 0 fully saturated rings. The van der Waals surface area contributed by atoms with E-state index < -0.39 is 0 Å². The van der Waals surface area contributed by atoms with Crippen LogP contribution in [0.25, 0.3) is 5.69 Å². The number of hydrogen-bond donors (Lipinski definition) is 1. The molecule has 5 nitrogen and oxygen atoms in total. The van der Waals surface area contributed by atoms with Crippen molar-refractivity contribution in [1.29, 1.82) is 0 Å². The van der Waals surface area contributed by atoms with Crippen LogP contribution in [0.2, 0.25) is 5.02 Å². The van der Waals surface area contributed by atoms with Crippen LogP contribution in [0.1, 0.15) is 36.7 Å². The molecule has 0 saturated carbocycles. The van der Waals surface area contributed by atoms with Gasteiger partial charge in [-0.2, -0.15) is 10.2 Å². The Hall–Kier alpha value is -2.27. The molecule has 3 rings (SSSR count). The van der Waals surface area contributed by atoms with Crippen LogP contribution in [0, 0.1) is 6.92 Å². The van der Waals surface area contributed by atoms with Crippen LogP contribution in [0.15, 0.2) is 36.7 Å². The largest absolute Gasteiger partial charge is 0.378 e. The molecular formula is C18H22ClN5. The van der Waals surface area contributed by atoms with Gasteiger partial charge in [0.05, 0.1) is 34.0 Å². The van der Waals surface area contributed by atoms with Crippen molar-refractivity contribution in [2.75, 3.05) is 5.32 Å². The quantitative estimate of drug-likeness (QED) is 0.751. The van der Waals surface area contributed by atoms with Crippen LogP contribution in [0.5, 0.6) is 0 Å². The topological polar surface area (TPSA) is 47.7 Å². The zero-order chi connectivity index (χ0) is 17.3. The number of nitrogens with one attached hydrogen (secondary N) is 1. The van der Waals surface area contributed by atoms with E-state index in [1.807, 2.05) is 60.0 Å². The summed E-state index contributed by atoms with van der Waals surface area (Å²) in [5.74, 6) is 0.307. The third kappa shape index (κ3) is 3.17. The summed E-state index contributed by atoms with van der Waals surface area (Å²) < 4.78 is 3.76. The first-order valence-electron chi connectivity index (χ1n) is 8.03. The van der Waals surface area contributed by atoms with Crippen molar-refractivity contribution in [2.24, 2.45) is 7.05 Å². The summed E-state index contributed by atoms with van der Waals surface area (Å²) in [4.78, 5) is 0. The highest BCUT2D eigenvalue weighted by molar-refractivity contribution is 6.32. The van der Waals surface area contributed by atoms with Gasteiger partial charge in [-0.25, -0.2) is 4.68 Å². The van der Waals surface area contributed by atoms with Gasteiger partial charge in [0.25, 0.3) is 0 Å². The van der Waals surface area contributed by atoms with Crippen molar-refractivity contribution < 1.29 is 0 Å². The monoisotopic (exact) mass is 343 g/mol. The fourth-order valence-corrected chi connectivity index (χ4v) is 3.09.